The first-order valence-electron chi connectivity index (χ1n) is 9.39. The van der Waals surface area contributed by atoms with Gasteiger partial charge in [0.05, 0.1) is 11.6 Å². The average Bonchev–Trinajstić information content (AvgIpc) is 3.12. The first kappa shape index (κ1) is 19.2. The van der Waals surface area contributed by atoms with Gasteiger partial charge in [0.25, 0.3) is 5.91 Å². The van der Waals surface area contributed by atoms with Crippen LogP contribution < -0.4 is 5.32 Å². The number of aromatic nitrogens is 1. The second kappa shape index (κ2) is 8.45. The van der Waals surface area contributed by atoms with Crippen molar-refractivity contribution in [1.29, 1.82) is 0 Å². The van der Waals surface area contributed by atoms with Crippen LogP contribution in [0.3, 0.4) is 0 Å². The molecular weight excluding hydrogens is 386 g/mol. The Morgan fingerprint density at radius 3 is 2.45 bits per heavy atom. The van der Waals surface area contributed by atoms with E-state index in [9.17, 15) is 4.79 Å². The Hall–Kier alpha value is -3.18. The summed E-state index contributed by atoms with van der Waals surface area (Å²) < 4.78 is 0. The molecule has 0 radical (unpaired) electrons. The molecule has 0 spiro atoms. The van der Waals surface area contributed by atoms with Crippen molar-refractivity contribution in [1.82, 2.24) is 4.98 Å². The number of anilines is 1. The van der Waals surface area contributed by atoms with Gasteiger partial charge in [-0.1, -0.05) is 54.0 Å². The van der Waals surface area contributed by atoms with Crippen LogP contribution in [0.4, 0.5) is 5.69 Å². The van der Waals surface area contributed by atoms with Gasteiger partial charge in [-0.2, -0.15) is 0 Å². The summed E-state index contributed by atoms with van der Waals surface area (Å²) in [5, 5.41) is 7.62. The summed E-state index contributed by atoms with van der Waals surface area (Å²) in [5.74, 6) is -0.439. The Balaban J connectivity index is 1.39. The Morgan fingerprint density at radius 2 is 1.72 bits per heavy atom. The van der Waals surface area contributed by atoms with E-state index < -0.39 is 6.10 Å². The van der Waals surface area contributed by atoms with Gasteiger partial charge in [0.15, 0.2) is 0 Å². The highest BCUT2D eigenvalue weighted by atomic mass is 35.5. The molecule has 1 aromatic heterocycles. The number of halogens is 1. The second-order valence-corrected chi connectivity index (χ2v) is 7.40. The fourth-order valence-electron chi connectivity index (χ4n) is 3.33. The van der Waals surface area contributed by atoms with Gasteiger partial charge in [-0.3, -0.25) is 9.78 Å². The summed E-state index contributed by atoms with van der Waals surface area (Å²) in [6, 6.07) is 19.2. The SMILES string of the molecule is C[C@H]1C(c2ccccc2Cl)=NO[C@@H]1C(=O)Nc1ccc(Cc2ccncc2)cc1. The largest absolute Gasteiger partial charge is 0.381 e. The molecule has 29 heavy (non-hydrogen) atoms. The van der Waals surface area contributed by atoms with E-state index in [1.807, 2.05) is 61.5 Å². The van der Waals surface area contributed by atoms with Crippen LogP contribution in [0.15, 0.2) is 78.2 Å². The lowest BCUT2D eigenvalue weighted by molar-refractivity contribution is -0.127. The van der Waals surface area contributed by atoms with Gasteiger partial charge < -0.3 is 10.2 Å². The zero-order valence-corrected chi connectivity index (χ0v) is 16.6. The fourth-order valence-corrected chi connectivity index (χ4v) is 3.56. The third-order valence-corrected chi connectivity index (χ3v) is 5.27. The molecule has 0 saturated carbocycles. The zero-order chi connectivity index (χ0) is 20.2. The first-order chi connectivity index (χ1) is 14.1. The van der Waals surface area contributed by atoms with Gasteiger partial charge in [0.2, 0.25) is 6.10 Å². The van der Waals surface area contributed by atoms with Crippen LogP contribution in [0, 0.1) is 5.92 Å². The molecule has 0 aliphatic carbocycles. The molecule has 0 bridgehead atoms. The van der Waals surface area contributed by atoms with E-state index in [0.29, 0.717) is 10.7 Å². The monoisotopic (exact) mass is 405 g/mol. The number of rotatable bonds is 5. The molecule has 0 unspecified atom stereocenters. The maximum absolute atomic E-state index is 12.7. The van der Waals surface area contributed by atoms with Crippen molar-refractivity contribution >= 4 is 28.9 Å². The minimum Gasteiger partial charge on any atom is -0.381 e. The molecule has 6 heteroatoms. The fraction of sp³-hybridized carbons (Fsp3) is 0.174. The Labute approximate surface area is 174 Å². The Bertz CT molecular complexity index is 1040. The first-order valence-corrected chi connectivity index (χ1v) is 9.77. The molecule has 0 fully saturated rings. The van der Waals surface area contributed by atoms with E-state index in [1.165, 1.54) is 5.56 Å². The smallest absolute Gasteiger partial charge is 0.268 e. The molecule has 4 rings (SSSR count). The summed E-state index contributed by atoms with van der Waals surface area (Å²) in [7, 11) is 0. The number of carbonyl (C=O) groups excluding carboxylic acids is 1. The molecule has 3 aromatic rings. The van der Waals surface area contributed by atoms with Gasteiger partial charge >= 0.3 is 0 Å². The van der Waals surface area contributed by atoms with Gasteiger partial charge in [-0.25, -0.2) is 0 Å². The molecule has 1 aliphatic heterocycles. The Morgan fingerprint density at radius 1 is 1.03 bits per heavy atom. The summed E-state index contributed by atoms with van der Waals surface area (Å²) in [6.07, 6.45) is 3.68. The predicted octanol–water partition coefficient (Wildman–Crippen LogP) is 4.70. The minimum atomic E-state index is -0.697. The lowest BCUT2D eigenvalue weighted by Gasteiger charge is -2.15. The van der Waals surface area contributed by atoms with Gasteiger partial charge in [0.1, 0.15) is 0 Å². The molecule has 2 aromatic carbocycles. The summed E-state index contributed by atoms with van der Waals surface area (Å²) in [5.41, 5.74) is 4.54. The minimum absolute atomic E-state index is 0.208. The maximum atomic E-state index is 12.7. The number of benzene rings is 2. The molecule has 1 N–H and O–H groups in total. The van der Waals surface area contributed by atoms with E-state index in [0.717, 1.165) is 23.2 Å². The molecule has 1 amide bonds. The van der Waals surface area contributed by atoms with E-state index in [2.05, 4.69) is 15.5 Å². The lowest BCUT2D eigenvalue weighted by Crippen LogP contribution is -2.34. The summed E-state index contributed by atoms with van der Waals surface area (Å²) in [4.78, 5) is 22.2. The number of nitrogens with zero attached hydrogens (tertiary/aromatic N) is 2. The number of amides is 1. The molecule has 5 nitrogen and oxygen atoms in total. The highest BCUT2D eigenvalue weighted by molar-refractivity contribution is 6.34. The van der Waals surface area contributed by atoms with Crippen molar-refractivity contribution in [2.45, 2.75) is 19.4 Å². The highest BCUT2D eigenvalue weighted by Crippen LogP contribution is 2.28. The second-order valence-electron chi connectivity index (χ2n) is 6.99. The van der Waals surface area contributed by atoms with E-state index in [4.69, 9.17) is 16.4 Å². The molecule has 2 atom stereocenters. The zero-order valence-electron chi connectivity index (χ0n) is 15.9. The third-order valence-electron chi connectivity index (χ3n) is 4.94. The predicted molar refractivity (Wildman–Crippen MR) is 114 cm³/mol. The van der Waals surface area contributed by atoms with Gasteiger partial charge in [-0.15, -0.1) is 0 Å². The quantitative estimate of drug-likeness (QED) is 0.669. The molecule has 1 aliphatic rings. The number of pyridine rings is 1. The van der Waals surface area contributed by atoms with Crippen molar-refractivity contribution in [3.05, 3.63) is 94.8 Å². The Kier molecular flexibility index (Phi) is 5.58. The molecule has 2 heterocycles. The van der Waals surface area contributed by atoms with Crippen LogP contribution >= 0.6 is 11.6 Å². The number of hydrogen-bond acceptors (Lipinski definition) is 4. The topological polar surface area (TPSA) is 63.6 Å². The average molecular weight is 406 g/mol. The van der Waals surface area contributed by atoms with Crippen LogP contribution in [-0.4, -0.2) is 22.7 Å². The normalized spacial score (nSPS) is 18.1. The number of hydrogen-bond donors (Lipinski definition) is 1. The maximum Gasteiger partial charge on any atom is 0.268 e. The van der Waals surface area contributed by atoms with Crippen molar-refractivity contribution in [2.75, 3.05) is 5.32 Å². The molecule has 146 valence electrons. The highest BCUT2D eigenvalue weighted by Gasteiger charge is 2.37. The van der Waals surface area contributed by atoms with Crippen LogP contribution in [-0.2, 0) is 16.1 Å². The van der Waals surface area contributed by atoms with E-state index >= 15 is 0 Å². The van der Waals surface area contributed by atoms with Gasteiger partial charge in [-0.05, 0) is 47.9 Å². The van der Waals surface area contributed by atoms with Crippen molar-refractivity contribution in [3.8, 4) is 0 Å². The van der Waals surface area contributed by atoms with Crippen LogP contribution in [0.2, 0.25) is 5.02 Å². The van der Waals surface area contributed by atoms with Crippen molar-refractivity contribution < 1.29 is 9.63 Å². The molecular formula is C23H20ClN3O2. The van der Waals surface area contributed by atoms with Crippen LogP contribution in [0.1, 0.15) is 23.6 Å². The summed E-state index contributed by atoms with van der Waals surface area (Å²) in [6.45, 7) is 1.91. The van der Waals surface area contributed by atoms with Crippen molar-refractivity contribution in [3.63, 3.8) is 0 Å². The summed E-state index contributed by atoms with van der Waals surface area (Å²) >= 11 is 6.26. The van der Waals surface area contributed by atoms with Crippen LogP contribution in [0.25, 0.3) is 0 Å². The van der Waals surface area contributed by atoms with Gasteiger partial charge in [0, 0.05) is 28.7 Å². The third kappa shape index (κ3) is 4.30. The van der Waals surface area contributed by atoms with E-state index in [-0.39, 0.29) is 11.8 Å². The van der Waals surface area contributed by atoms with Crippen LogP contribution in [0.5, 0.6) is 0 Å². The molecule has 0 saturated heterocycles. The lowest BCUT2D eigenvalue weighted by atomic mass is 9.93. The van der Waals surface area contributed by atoms with Crippen molar-refractivity contribution in [2.24, 2.45) is 11.1 Å². The number of nitrogens with one attached hydrogen (secondary N) is 1. The number of oxime groups is 1. The number of carbonyl (C=O) groups is 1. The standard InChI is InChI=1S/C23H20ClN3O2/c1-15-21(19-4-2-3-5-20(19)24)27-29-22(15)23(28)26-18-8-6-16(7-9-18)14-17-10-12-25-13-11-17/h2-13,15,22H,14H2,1H3,(H,26,28)/t15-,22-/m0/s1. The van der Waals surface area contributed by atoms with E-state index in [1.54, 1.807) is 18.5 Å².